The third kappa shape index (κ3) is 2.41. The summed E-state index contributed by atoms with van der Waals surface area (Å²) < 4.78 is 32.7. The maximum Gasteiger partial charge on any atom is 0.142 e. The second kappa shape index (κ2) is 5.32. The number of hydrogen-bond acceptors (Lipinski definition) is 1. The molecule has 5 heteroatoms. The molecule has 0 N–H and O–H groups in total. The largest absolute Gasteiger partial charge is 0.372 e. The van der Waals surface area contributed by atoms with Gasteiger partial charge in [-0.05, 0) is 28.8 Å². The summed E-state index contributed by atoms with van der Waals surface area (Å²) in [5.74, 6) is -1.30. The fourth-order valence-corrected chi connectivity index (χ4v) is 2.71. The number of ether oxygens (including phenoxy) is 1. The molecule has 2 aromatic rings. The Hall–Kier alpha value is -1.16. The highest BCUT2D eigenvalue weighted by molar-refractivity contribution is 6.30. The molecule has 2 aromatic carbocycles. The zero-order valence-electron chi connectivity index (χ0n) is 10.3. The van der Waals surface area contributed by atoms with E-state index in [2.05, 4.69) is 0 Å². The molecule has 1 nitrogen and oxygen atoms in total. The van der Waals surface area contributed by atoms with Crippen LogP contribution in [-0.2, 0) is 18.0 Å². The van der Waals surface area contributed by atoms with Crippen LogP contribution in [0.2, 0.25) is 5.02 Å². The minimum atomic E-state index is -0.771. The number of hydrogen-bond donors (Lipinski definition) is 0. The van der Waals surface area contributed by atoms with Gasteiger partial charge in [-0.1, -0.05) is 29.8 Å². The van der Waals surface area contributed by atoms with Gasteiger partial charge in [-0.25, -0.2) is 8.78 Å². The smallest absolute Gasteiger partial charge is 0.142 e. The molecular weight excluding hydrogens is 305 g/mol. The lowest BCUT2D eigenvalue weighted by molar-refractivity contribution is 0.134. The van der Waals surface area contributed by atoms with E-state index in [-0.39, 0.29) is 10.6 Å². The minimum Gasteiger partial charge on any atom is -0.372 e. The van der Waals surface area contributed by atoms with Crippen molar-refractivity contribution in [1.82, 2.24) is 0 Å². The van der Waals surface area contributed by atoms with E-state index in [4.69, 9.17) is 27.9 Å². The van der Waals surface area contributed by atoms with Crippen LogP contribution in [0.3, 0.4) is 0 Å². The Morgan fingerprint density at radius 3 is 2.55 bits per heavy atom. The van der Waals surface area contributed by atoms with E-state index in [0.29, 0.717) is 18.8 Å². The first kappa shape index (κ1) is 13.8. The molecule has 3 rings (SSSR count). The van der Waals surface area contributed by atoms with Gasteiger partial charge in [-0.3, -0.25) is 0 Å². The highest BCUT2D eigenvalue weighted by atomic mass is 35.5. The zero-order chi connectivity index (χ0) is 14.3. The number of fused-ring (bicyclic) bond motifs is 1. The van der Waals surface area contributed by atoms with Crippen molar-refractivity contribution in [3.8, 4) is 0 Å². The van der Waals surface area contributed by atoms with E-state index >= 15 is 0 Å². The Bertz CT molecular complexity index is 673. The molecule has 1 aliphatic heterocycles. The van der Waals surface area contributed by atoms with Gasteiger partial charge in [0.15, 0.2) is 0 Å². The van der Waals surface area contributed by atoms with Gasteiger partial charge < -0.3 is 4.74 Å². The monoisotopic (exact) mass is 314 g/mol. The van der Waals surface area contributed by atoms with Crippen molar-refractivity contribution in [3.63, 3.8) is 0 Å². The van der Waals surface area contributed by atoms with Gasteiger partial charge in [0.1, 0.15) is 11.6 Å². The SMILES string of the molecule is Fc1cc(C(Cl)c2ccc3c(c2)COC3)c(F)cc1Cl. The average Bonchev–Trinajstić information content (AvgIpc) is 2.89. The van der Waals surface area contributed by atoms with Crippen LogP contribution in [0.5, 0.6) is 0 Å². The lowest BCUT2D eigenvalue weighted by Crippen LogP contribution is -2.00. The predicted molar refractivity (Wildman–Crippen MR) is 74.0 cm³/mol. The topological polar surface area (TPSA) is 9.23 Å². The van der Waals surface area contributed by atoms with Gasteiger partial charge in [0.05, 0.1) is 23.6 Å². The van der Waals surface area contributed by atoms with Crippen LogP contribution in [0.15, 0.2) is 30.3 Å². The molecule has 0 bridgehead atoms. The molecule has 1 atom stereocenters. The maximum absolute atomic E-state index is 13.9. The van der Waals surface area contributed by atoms with Crippen molar-refractivity contribution in [1.29, 1.82) is 0 Å². The molecule has 0 saturated carbocycles. The molecule has 0 amide bonds. The summed E-state index contributed by atoms with van der Waals surface area (Å²) in [6.07, 6.45) is 0. The lowest BCUT2D eigenvalue weighted by atomic mass is 9.99. The van der Waals surface area contributed by atoms with E-state index in [0.717, 1.165) is 23.3 Å². The van der Waals surface area contributed by atoms with Crippen LogP contribution in [0.25, 0.3) is 0 Å². The Morgan fingerprint density at radius 1 is 1.00 bits per heavy atom. The molecule has 0 spiro atoms. The molecule has 0 saturated heterocycles. The van der Waals surface area contributed by atoms with Crippen LogP contribution in [0.1, 0.15) is 27.6 Å². The first-order chi connectivity index (χ1) is 9.56. The number of rotatable bonds is 2. The Labute approximate surface area is 125 Å². The normalized spacial score (nSPS) is 15.2. The van der Waals surface area contributed by atoms with Gasteiger partial charge in [0.2, 0.25) is 0 Å². The fourth-order valence-electron chi connectivity index (χ4n) is 2.26. The Morgan fingerprint density at radius 2 is 1.75 bits per heavy atom. The van der Waals surface area contributed by atoms with Crippen molar-refractivity contribution < 1.29 is 13.5 Å². The van der Waals surface area contributed by atoms with Gasteiger partial charge in [-0.15, -0.1) is 11.6 Å². The molecule has 0 fully saturated rings. The molecular formula is C15H10Cl2F2O. The first-order valence-corrected chi connectivity index (χ1v) is 6.85. The fraction of sp³-hybridized carbons (Fsp3) is 0.200. The van der Waals surface area contributed by atoms with Crippen molar-refractivity contribution in [2.45, 2.75) is 18.6 Å². The molecule has 1 unspecified atom stereocenters. The Balaban J connectivity index is 2.00. The van der Waals surface area contributed by atoms with Crippen molar-refractivity contribution in [2.75, 3.05) is 0 Å². The van der Waals surface area contributed by atoms with Gasteiger partial charge in [-0.2, -0.15) is 0 Å². The summed E-state index contributed by atoms with van der Waals surface area (Å²) >= 11 is 11.8. The minimum absolute atomic E-state index is 0.0763. The standard InChI is InChI=1S/C15H10Cl2F2O/c16-12-5-13(18)11(4-14(12)19)15(17)8-1-2-9-6-20-7-10(9)3-8/h1-5,15H,6-7H2. The van der Waals surface area contributed by atoms with Crippen LogP contribution in [0, 0.1) is 11.6 Å². The second-order valence-electron chi connectivity index (χ2n) is 4.67. The molecule has 0 radical (unpaired) electrons. The summed E-state index contributed by atoms with van der Waals surface area (Å²) in [5.41, 5.74) is 2.91. The van der Waals surface area contributed by atoms with Gasteiger partial charge in [0, 0.05) is 5.56 Å². The summed E-state index contributed by atoms with van der Waals surface area (Å²) in [4.78, 5) is 0. The molecule has 1 aliphatic rings. The summed E-state index contributed by atoms with van der Waals surface area (Å²) in [6.45, 7) is 1.09. The highest BCUT2D eigenvalue weighted by Gasteiger charge is 2.20. The third-order valence-electron chi connectivity index (χ3n) is 3.35. The second-order valence-corrected chi connectivity index (χ2v) is 5.51. The zero-order valence-corrected chi connectivity index (χ0v) is 11.8. The molecule has 0 aliphatic carbocycles. The van der Waals surface area contributed by atoms with E-state index in [1.807, 2.05) is 12.1 Å². The predicted octanol–water partition coefficient (Wildman–Crippen LogP) is 4.98. The molecule has 1 heterocycles. The molecule has 20 heavy (non-hydrogen) atoms. The van der Waals surface area contributed by atoms with Crippen molar-refractivity contribution in [2.24, 2.45) is 0 Å². The van der Waals surface area contributed by atoms with Crippen LogP contribution in [0.4, 0.5) is 8.78 Å². The van der Waals surface area contributed by atoms with E-state index in [1.165, 1.54) is 0 Å². The van der Waals surface area contributed by atoms with Crippen LogP contribution >= 0.6 is 23.2 Å². The number of halogens is 4. The average molecular weight is 315 g/mol. The summed E-state index contributed by atoms with van der Waals surface area (Å²) in [7, 11) is 0. The van der Waals surface area contributed by atoms with E-state index in [1.54, 1.807) is 6.07 Å². The van der Waals surface area contributed by atoms with E-state index in [9.17, 15) is 8.78 Å². The Kier molecular flexibility index (Phi) is 3.67. The quantitative estimate of drug-likeness (QED) is 0.561. The molecule has 0 aromatic heterocycles. The summed E-state index contributed by atoms with van der Waals surface area (Å²) in [5, 5.41) is -1.02. The van der Waals surface area contributed by atoms with Gasteiger partial charge in [0.25, 0.3) is 0 Å². The van der Waals surface area contributed by atoms with Crippen molar-refractivity contribution >= 4 is 23.2 Å². The van der Waals surface area contributed by atoms with Gasteiger partial charge >= 0.3 is 0 Å². The third-order valence-corrected chi connectivity index (χ3v) is 4.13. The summed E-state index contributed by atoms with van der Waals surface area (Å²) in [6, 6.07) is 7.55. The highest BCUT2D eigenvalue weighted by Crippen LogP contribution is 2.34. The van der Waals surface area contributed by atoms with E-state index < -0.39 is 17.0 Å². The maximum atomic E-state index is 13.9. The lowest BCUT2D eigenvalue weighted by Gasteiger charge is -2.13. The molecule has 104 valence electrons. The number of alkyl halides is 1. The van der Waals surface area contributed by atoms with Crippen molar-refractivity contribution in [3.05, 3.63) is 69.2 Å². The number of benzene rings is 2. The van der Waals surface area contributed by atoms with Crippen LogP contribution < -0.4 is 0 Å². The van der Waals surface area contributed by atoms with Crippen LogP contribution in [-0.4, -0.2) is 0 Å². The first-order valence-electron chi connectivity index (χ1n) is 6.04.